The van der Waals surface area contributed by atoms with Crippen molar-refractivity contribution < 1.29 is 0 Å². The minimum atomic E-state index is 0.601. The first-order valence-electron chi connectivity index (χ1n) is 10.2. The van der Waals surface area contributed by atoms with Gasteiger partial charge in [-0.05, 0) is 59.8 Å². The number of hydrogen-bond donors (Lipinski definition) is 0. The van der Waals surface area contributed by atoms with Crippen molar-refractivity contribution in [2.75, 3.05) is 0 Å². The lowest BCUT2D eigenvalue weighted by Gasteiger charge is -2.21. The summed E-state index contributed by atoms with van der Waals surface area (Å²) in [5, 5.41) is 7.06. The SMILES string of the molecule is S=c1n(CN(Cc2ccncc2)C2CC2)nc(-c2cccs2)n1Cc1ccccc1. The first-order chi connectivity index (χ1) is 14.8. The number of pyridine rings is 1. The summed E-state index contributed by atoms with van der Waals surface area (Å²) in [6.07, 6.45) is 6.19. The van der Waals surface area contributed by atoms with Crippen LogP contribution in [0.2, 0.25) is 0 Å². The van der Waals surface area contributed by atoms with Crippen LogP contribution in [0.4, 0.5) is 0 Å². The summed E-state index contributed by atoms with van der Waals surface area (Å²) < 4.78 is 4.92. The molecular formula is C23H23N5S2. The van der Waals surface area contributed by atoms with Gasteiger partial charge in [-0.1, -0.05) is 36.4 Å². The van der Waals surface area contributed by atoms with Crippen LogP contribution >= 0.6 is 23.6 Å². The van der Waals surface area contributed by atoms with Gasteiger partial charge < -0.3 is 0 Å². The molecule has 0 unspecified atom stereocenters. The second-order valence-electron chi connectivity index (χ2n) is 7.63. The van der Waals surface area contributed by atoms with E-state index in [4.69, 9.17) is 17.3 Å². The van der Waals surface area contributed by atoms with E-state index in [1.54, 1.807) is 11.3 Å². The van der Waals surface area contributed by atoms with Crippen LogP contribution in [0.3, 0.4) is 0 Å². The molecule has 152 valence electrons. The third-order valence-electron chi connectivity index (χ3n) is 5.36. The first-order valence-corrected chi connectivity index (χ1v) is 11.4. The van der Waals surface area contributed by atoms with Gasteiger partial charge in [0, 0.05) is 25.0 Å². The van der Waals surface area contributed by atoms with Crippen molar-refractivity contribution in [2.45, 2.75) is 38.6 Å². The van der Waals surface area contributed by atoms with E-state index >= 15 is 0 Å². The van der Waals surface area contributed by atoms with Gasteiger partial charge in [0.05, 0.1) is 18.1 Å². The molecule has 1 fully saturated rings. The van der Waals surface area contributed by atoms with Crippen molar-refractivity contribution in [3.8, 4) is 10.7 Å². The lowest BCUT2D eigenvalue weighted by molar-refractivity contribution is 0.186. The molecule has 1 saturated carbocycles. The normalized spacial score (nSPS) is 13.8. The molecule has 0 bridgehead atoms. The molecular weight excluding hydrogens is 410 g/mol. The standard InChI is InChI=1S/C23H23N5S2/c29-23-27(16-18-5-2-1-3-6-18)22(21-7-4-14-30-21)25-28(23)17-26(20-8-9-20)15-19-10-12-24-13-11-19/h1-7,10-14,20H,8-9,15-17H2. The van der Waals surface area contributed by atoms with Gasteiger partial charge in [-0.25, -0.2) is 4.68 Å². The van der Waals surface area contributed by atoms with E-state index in [-0.39, 0.29) is 0 Å². The van der Waals surface area contributed by atoms with Crippen LogP contribution in [-0.2, 0) is 19.8 Å². The summed E-state index contributed by atoms with van der Waals surface area (Å²) in [5.41, 5.74) is 2.49. The summed E-state index contributed by atoms with van der Waals surface area (Å²) in [4.78, 5) is 7.76. The lowest BCUT2D eigenvalue weighted by atomic mass is 10.2. The molecule has 30 heavy (non-hydrogen) atoms. The molecule has 5 nitrogen and oxygen atoms in total. The van der Waals surface area contributed by atoms with Crippen molar-refractivity contribution in [1.29, 1.82) is 0 Å². The van der Waals surface area contributed by atoms with E-state index in [0.29, 0.717) is 12.7 Å². The minimum absolute atomic E-state index is 0.601. The molecule has 1 aliphatic carbocycles. The first kappa shape index (κ1) is 19.4. The summed E-state index contributed by atoms with van der Waals surface area (Å²) in [6.45, 7) is 2.31. The van der Waals surface area contributed by atoms with E-state index in [2.05, 4.69) is 68.4 Å². The Bertz CT molecular complexity index is 1150. The highest BCUT2D eigenvalue weighted by atomic mass is 32.1. The van der Waals surface area contributed by atoms with Gasteiger partial charge in [0.2, 0.25) is 0 Å². The van der Waals surface area contributed by atoms with Crippen LogP contribution in [0.5, 0.6) is 0 Å². The maximum Gasteiger partial charge on any atom is 0.199 e. The van der Waals surface area contributed by atoms with Gasteiger partial charge in [0.1, 0.15) is 0 Å². The van der Waals surface area contributed by atoms with Gasteiger partial charge in [-0.15, -0.1) is 16.4 Å². The van der Waals surface area contributed by atoms with Crippen molar-refractivity contribution in [3.63, 3.8) is 0 Å². The molecule has 0 saturated heterocycles. The molecule has 0 aliphatic heterocycles. The van der Waals surface area contributed by atoms with Gasteiger partial charge in [-0.3, -0.25) is 14.5 Å². The Morgan fingerprint density at radius 3 is 2.50 bits per heavy atom. The predicted octanol–water partition coefficient (Wildman–Crippen LogP) is 5.21. The molecule has 0 spiro atoms. The van der Waals surface area contributed by atoms with Gasteiger partial charge in [0.25, 0.3) is 0 Å². The number of thiophene rings is 1. The summed E-state index contributed by atoms with van der Waals surface area (Å²) in [5.74, 6) is 0.943. The number of nitrogens with zero attached hydrogens (tertiary/aromatic N) is 5. The van der Waals surface area contributed by atoms with Crippen LogP contribution in [0.1, 0.15) is 24.0 Å². The summed E-state index contributed by atoms with van der Waals surface area (Å²) >= 11 is 7.61. The summed E-state index contributed by atoms with van der Waals surface area (Å²) in [7, 11) is 0. The average molecular weight is 434 g/mol. The van der Waals surface area contributed by atoms with Gasteiger partial charge in [0.15, 0.2) is 10.6 Å². The van der Waals surface area contributed by atoms with Crippen LogP contribution in [0, 0.1) is 4.77 Å². The number of benzene rings is 1. The Morgan fingerprint density at radius 1 is 1.00 bits per heavy atom. The highest BCUT2D eigenvalue weighted by molar-refractivity contribution is 7.71. The van der Waals surface area contributed by atoms with Crippen molar-refractivity contribution in [3.05, 3.63) is 88.3 Å². The highest BCUT2D eigenvalue weighted by Crippen LogP contribution is 2.30. The van der Waals surface area contributed by atoms with E-state index in [1.807, 2.05) is 23.1 Å². The van der Waals surface area contributed by atoms with Crippen LogP contribution in [-0.4, -0.2) is 30.3 Å². The molecule has 1 aromatic carbocycles. The maximum absolute atomic E-state index is 5.91. The van der Waals surface area contributed by atoms with Crippen molar-refractivity contribution >= 4 is 23.6 Å². The fraction of sp³-hybridized carbons (Fsp3) is 0.261. The monoisotopic (exact) mass is 433 g/mol. The zero-order valence-electron chi connectivity index (χ0n) is 16.6. The van der Waals surface area contributed by atoms with E-state index in [9.17, 15) is 0 Å². The fourth-order valence-electron chi connectivity index (χ4n) is 3.66. The zero-order valence-corrected chi connectivity index (χ0v) is 18.2. The third-order valence-corrected chi connectivity index (χ3v) is 6.66. The largest absolute Gasteiger partial charge is 0.295 e. The van der Waals surface area contributed by atoms with Crippen molar-refractivity contribution in [2.24, 2.45) is 0 Å². The number of aromatic nitrogens is 4. The highest BCUT2D eigenvalue weighted by Gasteiger charge is 2.30. The minimum Gasteiger partial charge on any atom is -0.295 e. The van der Waals surface area contributed by atoms with Crippen molar-refractivity contribution in [1.82, 2.24) is 24.2 Å². The second kappa shape index (κ2) is 8.63. The number of rotatable bonds is 8. The maximum atomic E-state index is 5.91. The van der Waals surface area contributed by atoms with Gasteiger partial charge >= 0.3 is 0 Å². The molecule has 3 heterocycles. The van der Waals surface area contributed by atoms with Crippen LogP contribution in [0.15, 0.2) is 72.4 Å². The van der Waals surface area contributed by atoms with Gasteiger partial charge in [-0.2, -0.15) is 0 Å². The Morgan fingerprint density at radius 2 is 1.80 bits per heavy atom. The average Bonchev–Trinajstić information content (AvgIpc) is 3.41. The number of hydrogen-bond acceptors (Lipinski definition) is 5. The van der Waals surface area contributed by atoms with E-state index in [0.717, 1.165) is 28.6 Å². The lowest BCUT2D eigenvalue weighted by Crippen LogP contribution is -2.29. The predicted molar refractivity (Wildman–Crippen MR) is 123 cm³/mol. The molecule has 4 aromatic rings. The molecule has 5 rings (SSSR count). The fourth-order valence-corrected chi connectivity index (χ4v) is 4.63. The molecule has 0 atom stereocenters. The molecule has 0 N–H and O–H groups in total. The molecule has 0 amide bonds. The van der Waals surface area contributed by atoms with Crippen LogP contribution in [0.25, 0.3) is 10.7 Å². The third kappa shape index (κ3) is 4.28. The smallest absolute Gasteiger partial charge is 0.199 e. The quantitative estimate of drug-likeness (QED) is 0.358. The molecule has 7 heteroatoms. The zero-order chi connectivity index (χ0) is 20.3. The molecule has 0 radical (unpaired) electrons. The Balaban J connectivity index is 1.47. The Hall–Kier alpha value is -2.61. The Kier molecular flexibility index (Phi) is 5.57. The topological polar surface area (TPSA) is 38.9 Å². The molecule has 1 aliphatic rings. The van der Waals surface area contributed by atoms with E-state index in [1.165, 1.54) is 24.0 Å². The van der Waals surface area contributed by atoms with Crippen LogP contribution < -0.4 is 0 Å². The second-order valence-corrected chi connectivity index (χ2v) is 8.94. The molecule has 3 aromatic heterocycles. The Labute approximate surface area is 185 Å². The summed E-state index contributed by atoms with van der Waals surface area (Å²) in [6, 6.07) is 19.4. The van der Waals surface area contributed by atoms with E-state index < -0.39 is 0 Å².